The number of carbonyl (C=O) groups is 2. The van der Waals surface area contributed by atoms with Gasteiger partial charge in [-0.15, -0.1) is 5.10 Å². The Balaban J connectivity index is 1.30. The molecule has 180 valence electrons. The Labute approximate surface area is 198 Å². The third kappa shape index (κ3) is 4.25. The number of nitrogens with one attached hydrogen (secondary N) is 1. The molecule has 4 N–H and O–H groups in total. The van der Waals surface area contributed by atoms with Crippen LogP contribution in [0.4, 0.5) is 17.3 Å². The van der Waals surface area contributed by atoms with Crippen LogP contribution in [0.3, 0.4) is 0 Å². The van der Waals surface area contributed by atoms with Gasteiger partial charge in [0.05, 0.1) is 31.3 Å². The fourth-order valence-electron chi connectivity index (χ4n) is 3.70. The molecule has 2 atom stereocenters. The quantitative estimate of drug-likeness (QED) is 0.358. The zero-order valence-electron chi connectivity index (χ0n) is 18.5. The summed E-state index contributed by atoms with van der Waals surface area (Å²) in [6, 6.07) is 9.80. The Morgan fingerprint density at radius 1 is 1.31 bits per heavy atom. The van der Waals surface area contributed by atoms with E-state index in [9.17, 15) is 14.7 Å². The second kappa shape index (κ2) is 9.04. The van der Waals surface area contributed by atoms with Gasteiger partial charge >= 0.3 is 0 Å². The monoisotopic (exact) mass is 479 g/mol. The fourth-order valence-corrected chi connectivity index (χ4v) is 3.70. The molecule has 4 aromatic rings. The number of ether oxygens (including phenoxy) is 2. The first kappa shape index (κ1) is 22.3. The minimum absolute atomic E-state index is 0.111. The van der Waals surface area contributed by atoms with E-state index in [0.717, 1.165) is 0 Å². The molecule has 1 saturated heterocycles. The molecule has 0 saturated carbocycles. The first-order chi connectivity index (χ1) is 16.9. The van der Waals surface area contributed by atoms with E-state index in [-0.39, 0.29) is 19.0 Å². The number of pyridine rings is 1. The van der Waals surface area contributed by atoms with Crippen molar-refractivity contribution < 1.29 is 28.7 Å². The van der Waals surface area contributed by atoms with Gasteiger partial charge in [0.15, 0.2) is 29.4 Å². The summed E-state index contributed by atoms with van der Waals surface area (Å²) < 4.78 is 17.2. The minimum Gasteiger partial charge on any atom is -0.481 e. The van der Waals surface area contributed by atoms with Gasteiger partial charge in [-0.2, -0.15) is 0 Å². The highest BCUT2D eigenvalue weighted by atomic mass is 16.5. The van der Waals surface area contributed by atoms with Crippen LogP contribution in [0.2, 0.25) is 0 Å². The maximum atomic E-state index is 13.1. The molecule has 1 aliphatic rings. The van der Waals surface area contributed by atoms with E-state index in [1.54, 1.807) is 47.4 Å². The lowest BCUT2D eigenvalue weighted by molar-refractivity contribution is -0.150. The van der Waals surface area contributed by atoms with Crippen molar-refractivity contribution in [1.82, 2.24) is 19.9 Å². The number of benzene rings is 1. The first-order valence-corrected chi connectivity index (χ1v) is 10.6. The summed E-state index contributed by atoms with van der Waals surface area (Å²) in [5.41, 5.74) is 7.08. The molecular weight excluding hydrogens is 458 g/mol. The van der Waals surface area contributed by atoms with E-state index >= 15 is 0 Å². The second-order valence-electron chi connectivity index (χ2n) is 7.67. The Morgan fingerprint density at radius 2 is 2.17 bits per heavy atom. The number of carbonyl (C=O) groups excluding carboxylic acids is 2. The second-order valence-corrected chi connectivity index (χ2v) is 7.67. The largest absolute Gasteiger partial charge is 0.481 e. The van der Waals surface area contributed by atoms with Gasteiger partial charge in [-0.1, -0.05) is 5.16 Å². The summed E-state index contributed by atoms with van der Waals surface area (Å²) in [4.78, 5) is 31.2. The van der Waals surface area contributed by atoms with Gasteiger partial charge in [-0.25, -0.2) is 9.67 Å². The Hall–Kier alpha value is -4.49. The van der Waals surface area contributed by atoms with E-state index in [0.29, 0.717) is 34.0 Å². The van der Waals surface area contributed by atoms with Gasteiger partial charge in [0, 0.05) is 36.3 Å². The molecule has 0 radical (unpaired) electrons. The number of rotatable bonds is 6. The number of aliphatic hydroxyl groups excluding tert-OH is 1. The van der Waals surface area contributed by atoms with Crippen molar-refractivity contribution in [3.63, 3.8) is 0 Å². The molecule has 0 spiro atoms. The molecule has 13 heteroatoms. The third-order valence-electron chi connectivity index (χ3n) is 5.49. The lowest BCUT2D eigenvalue weighted by atomic mass is 10.1. The summed E-state index contributed by atoms with van der Waals surface area (Å²) in [6.45, 7) is 0.323. The van der Waals surface area contributed by atoms with Crippen LogP contribution < -0.4 is 20.7 Å². The molecule has 2 unspecified atom stereocenters. The van der Waals surface area contributed by atoms with Crippen LogP contribution in [0.1, 0.15) is 0 Å². The Kier molecular flexibility index (Phi) is 5.76. The van der Waals surface area contributed by atoms with Crippen molar-refractivity contribution in [3.05, 3.63) is 48.8 Å². The first-order valence-electron chi connectivity index (χ1n) is 10.6. The number of anilines is 3. The molecule has 5 rings (SSSR count). The molecule has 3 aromatic heterocycles. The van der Waals surface area contributed by atoms with E-state index in [1.807, 2.05) is 0 Å². The smallest absolute Gasteiger partial charge is 0.260 e. The maximum Gasteiger partial charge on any atom is 0.260 e. The highest BCUT2D eigenvalue weighted by Crippen LogP contribution is 2.25. The van der Waals surface area contributed by atoms with Crippen LogP contribution in [0, 0.1) is 0 Å². The minimum atomic E-state index is -1.76. The molecule has 13 nitrogen and oxygen atoms in total. The van der Waals surface area contributed by atoms with Gasteiger partial charge in [-0.05, 0) is 18.2 Å². The van der Waals surface area contributed by atoms with E-state index in [4.69, 9.17) is 19.7 Å². The molecule has 0 bridgehead atoms. The Morgan fingerprint density at radius 3 is 3.00 bits per heavy atom. The average molecular weight is 479 g/mol. The highest BCUT2D eigenvalue weighted by Gasteiger charge is 2.40. The highest BCUT2D eigenvalue weighted by molar-refractivity contribution is 6.04. The predicted octanol–water partition coefficient (Wildman–Crippen LogP) is 0.731. The van der Waals surface area contributed by atoms with E-state index in [2.05, 4.69) is 20.6 Å². The van der Waals surface area contributed by atoms with Crippen molar-refractivity contribution >= 4 is 40.1 Å². The van der Waals surface area contributed by atoms with Crippen molar-refractivity contribution in [3.8, 4) is 11.6 Å². The lowest BCUT2D eigenvalue weighted by Gasteiger charge is -2.32. The number of aliphatic hydroxyl groups is 1. The molecule has 0 aliphatic carbocycles. The number of nitrogens with two attached hydrogens (primary N) is 1. The standard InChI is InChI=1S/C22H21N7O6/c1-33-17-11-13(4-6-24-17)29-7-5-16(26-29)28-8-9-34-19(22(28)32)18(30)21(31)25-12-2-3-14-15(10-12)35-27-20(14)23/h2-7,10-11,18-19,30H,8-9H2,1H3,(H2,23,27)(H,25,31). The summed E-state index contributed by atoms with van der Waals surface area (Å²) in [5, 5.41) is 21.8. The van der Waals surface area contributed by atoms with Gasteiger partial charge in [0.2, 0.25) is 5.88 Å². The van der Waals surface area contributed by atoms with Crippen molar-refractivity contribution in [1.29, 1.82) is 0 Å². The number of hydrogen-bond donors (Lipinski definition) is 3. The van der Waals surface area contributed by atoms with Crippen molar-refractivity contribution in [2.75, 3.05) is 36.2 Å². The van der Waals surface area contributed by atoms with Gasteiger partial charge < -0.3 is 30.2 Å². The molecule has 4 heterocycles. The summed E-state index contributed by atoms with van der Waals surface area (Å²) in [7, 11) is 1.51. The summed E-state index contributed by atoms with van der Waals surface area (Å²) >= 11 is 0. The van der Waals surface area contributed by atoms with E-state index < -0.39 is 24.0 Å². The molecule has 1 fully saturated rings. The number of amides is 2. The van der Waals surface area contributed by atoms with Crippen molar-refractivity contribution in [2.24, 2.45) is 0 Å². The third-order valence-corrected chi connectivity index (χ3v) is 5.49. The predicted molar refractivity (Wildman–Crippen MR) is 123 cm³/mol. The molecule has 35 heavy (non-hydrogen) atoms. The zero-order valence-corrected chi connectivity index (χ0v) is 18.5. The van der Waals surface area contributed by atoms with Crippen LogP contribution in [-0.2, 0) is 14.3 Å². The number of morpholine rings is 1. The van der Waals surface area contributed by atoms with Crippen LogP contribution in [-0.4, -0.2) is 69.3 Å². The van der Waals surface area contributed by atoms with Gasteiger partial charge in [0.1, 0.15) is 0 Å². The number of aromatic nitrogens is 4. The SMILES string of the molecule is COc1cc(-n2ccc(N3CCOC(C(O)C(=O)Nc4ccc5c(N)noc5c4)C3=O)n2)ccn1. The number of nitrogen functional groups attached to an aromatic ring is 1. The van der Waals surface area contributed by atoms with Crippen LogP contribution in [0.5, 0.6) is 5.88 Å². The van der Waals surface area contributed by atoms with Crippen LogP contribution >= 0.6 is 0 Å². The average Bonchev–Trinajstić information content (AvgIpc) is 3.51. The van der Waals surface area contributed by atoms with Crippen LogP contribution in [0.25, 0.3) is 16.7 Å². The summed E-state index contributed by atoms with van der Waals surface area (Å²) in [5.74, 6) is -0.409. The van der Waals surface area contributed by atoms with Gasteiger partial charge in [-0.3, -0.25) is 14.5 Å². The maximum absolute atomic E-state index is 13.1. The normalized spacial score (nSPS) is 16.9. The zero-order chi connectivity index (χ0) is 24.5. The van der Waals surface area contributed by atoms with Gasteiger partial charge in [0.25, 0.3) is 11.8 Å². The number of hydrogen-bond acceptors (Lipinski definition) is 10. The number of methoxy groups -OCH3 is 1. The topological polar surface area (TPSA) is 171 Å². The lowest BCUT2D eigenvalue weighted by Crippen LogP contribution is -2.55. The summed E-state index contributed by atoms with van der Waals surface area (Å²) in [6.07, 6.45) is 0.0966. The molecule has 1 aliphatic heterocycles. The molecular formula is C22H21N7O6. The number of fused-ring (bicyclic) bond motifs is 1. The Bertz CT molecular complexity index is 1400. The fraction of sp³-hybridized carbons (Fsp3) is 0.227. The van der Waals surface area contributed by atoms with Crippen molar-refractivity contribution in [2.45, 2.75) is 12.2 Å². The van der Waals surface area contributed by atoms with E-state index in [1.165, 1.54) is 18.1 Å². The molecule has 2 amide bonds. The van der Waals surface area contributed by atoms with Crippen LogP contribution in [0.15, 0.2) is 53.3 Å². The number of nitrogens with zero attached hydrogens (tertiary/aromatic N) is 5. The molecule has 1 aromatic carbocycles.